The first kappa shape index (κ1) is 25.4. The van der Waals surface area contributed by atoms with Crippen LogP contribution in [0.15, 0.2) is 69.1 Å². The molecule has 1 aliphatic heterocycles. The minimum atomic E-state index is -0.838. The van der Waals surface area contributed by atoms with E-state index in [0.29, 0.717) is 41.6 Å². The van der Waals surface area contributed by atoms with Gasteiger partial charge in [0, 0.05) is 10.0 Å². The molecule has 1 aliphatic rings. The zero-order valence-electron chi connectivity index (χ0n) is 18.1. The predicted molar refractivity (Wildman–Crippen MR) is 143 cm³/mol. The number of carbonyl (C=O) groups excluding carboxylic acids is 3. The van der Waals surface area contributed by atoms with Gasteiger partial charge in [-0.1, -0.05) is 41.4 Å². The van der Waals surface area contributed by atoms with Crippen LogP contribution < -0.4 is 15.0 Å². The first-order chi connectivity index (χ1) is 16.6. The molecule has 4 rings (SSSR count). The maximum Gasteiger partial charge on any atom is 0.335 e. The molecule has 0 saturated carbocycles. The molecular weight excluding hydrogens is 623 g/mol. The Hall–Kier alpha value is -2.65. The van der Waals surface area contributed by atoms with Gasteiger partial charge in [-0.25, -0.2) is 9.69 Å². The Morgan fingerprint density at radius 3 is 2.34 bits per heavy atom. The molecule has 35 heavy (non-hydrogen) atoms. The Morgan fingerprint density at radius 2 is 1.66 bits per heavy atom. The summed E-state index contributed by atoms with van der Waals surface area (Å²) in [6.45, 7) is 2.03. The number of rotatable bonds is 5. The van der Waals surface area contributed by atoms with Crippen LogP contribution in [0.2, 0.25) is 10.0 Å². The standard InChI is InChI=1S/C25H16Br2Cl2N2O4/c1-13-5-6-17(29)11-21(13)31-24(33)18(23(32)30-25(31)34)8-15-9-19(26)22(20(27)10-15)35-12-14-3-2-4-16(28)7-14/h2-11H,12H2,1H3,(H,30,32,34)/b18-8+. The van der Waals surface area contributed by atoms with Gasteiger partial charge in [0.05, 0.1) is 14.6 Å². The SMILES string of the molecule is Cc1ccc(Cl)cc1N1C(=O)NC(=O)/C(=C\c2cc(Br)c(OCc3cccc(Cl)c3)c(Br)c2)C1=O. The minimum absolute atomic E-state index is 0.199. The Labute approximate surface area is 228 Å². The zero-order valence-corrected chi connectivity index (χ0v) is 22.8. The maximum absolute atomic E-state index is 13.2. The van der Waals surface area contributed by atoms with Crippen LogP contribution in [0.5, 0.6) is 5.75 Å². The quantitative estimate of drug-likeness (QED) is 0.240. The van der Waals surface area contributed by atoms with Crippen molar-refractivity contribution in [1.82, 2.24) is 5.32 Å². The molecule has 3 aromatic rings. The lowest BCUT2D eigenvalue weighted by Gasteiger charge is -2.27. The average Bonchev–Trinajstić information content (AvgIpc) is 2.78. The fourth-order valence-corrected chi connectivity index (χ4v) is 5.28. The van der Waals surface area contributed by atoms with E-state index >= 15 is 0 Å². The Kier molecular flexibility index (Phi) is 7.66. The van der Waals surface area contributed by atoms with Crippen LogP contribution in [0, 0.1) is 6.92 Å². The van der Waals surface area contributed by atoms with Gasteiger partial charge >= 0.3 is 6.03 Å². The molecule has 0 radical (unpaired) electrons. The molecule has 1 fully saturated rings. The Balaban J connectivity index is 1.63. The fraction of sp³-hybridized carbons (Fsp3) is 0.0800. The summed E-state index contributed by atoms with van der Waals surface area (Å²) in [4.78, 5) is 39.2. The van der Waals surface area contributed by atoms with Crippen LogP contribution in [0.3, 0.4) is 0 Å². The number of anilines is 1. The molecule has 0 aromatic heterocycles. The molecule has 1 heterocycles. The highest BCUT2D eigenvalue weighted by Gasteiger charge is 2.37. The fourth-order valence-electron chi connectivity index (χ4n) is 3.45. The molecule has 1 saturated heterocycles. The van der Waals surface area contributed by atoms with Gasteiger partial charge in [-0.3, -0.25) is 14.9 Å². The summed E-state index contributed by atoms with van der Waals surface area (Å²) in [7, 11) is 0. The second-order valence-corrected chi connectivity index (χ2v) is 10.2. The lowest BCUT2D eigenvalue weighted by atomic mass is 10.1. The third-order valence-corrected chi connectivity index (χ3v) is 6.77. The minimum Gasteiger partial charge on any atom is -0.487 e. The molecule has 0 unspecified atom stereocenters. The summed E-state index contributed by atoms with van der Waals surface area (Å²) in [5, 5.41) is 3.19. The van der Waals surface area contributed by atoms with E-state index in [0.717, 1.165) is 10.5 Å². The highest BCUT2D eigenvalue weighted by Crippen LogP contribution is 2.36. The third-order valence-electron chi connectivity index (χ3n) is 5.12. The van der Waals surface area contributed by atoms with Crippen molar-refractivity contribution in [2.45, 2.75) is 13.5 Å². The van der Waals surface area contributed by atoms with Crippen molar-refractivity contribution >= 4 is 84.7 Å². The van der Waals surface area contributed by atoms with E-state index in [-0.39, 0.29) is 12.2 Å². The average molecular weight is 639 g/mol. The van der Waals surface area contributed by atoms with E-state index in [9.17, 15) is 14.4 Å². The monoisotopic (exact) mass is 636 g/mol. The number of urea groups is 1. The van der Waals surface area contributed by atoms with E-state index < -0.39 is 17.8 Å². The molecule has 1 N–H and O–H groups in total. The molecule has 0 bridgehead atoms. The number of nitrogens with zero attached hydrogens (tertiary/aromatic N) is 1. The van der Waals surface area contributed by atoms with Crippen LogP contribution in [-0.4, -0.2) is 17.8 Å². The summed E-state index contributed by atoms with van der Waals surface area (Å²) >= 11 is 19.1. The van der Waals surface area contributed by atoms with Crippen molar-refractivity contribution in [3.63, 3.8) is 0 Å². The van der Waals surface area contributed by atoms with E-state index in [2.05, 4.69) is 37.2 Å². The second-order valence-electron chi connectivity index (χ2n) is 7.62. The smallest absolute Gasteiger partial charge is 0.335 e. The van der Waals surface area contributed by atoms with Gasteiger partial charge in [-0.05, 0) is 97.9 Å². The number of halogens is 4. The number of barbiturate groups is 1. The van der Waals surface area contributed by atoms with Crippen LogP contribution in [0.4, 0.5) is 10.5 Å². The predicted octanol–water partition coefficient (Wildman–Crippen LogP) is 7.07. The molecule has 178 valence electrons. The first-order valence-corrected chi connectivity index (χ1v) is 12.5. The van der Waals surface area contributed by atoms with Crippen LogP contribution in [-0.2, 0) is 16.2 Å². The van der Waals surface area contributed by atoms with E-state index in [1.165, 1.54) is 12.1 Å². The largest absolute Gasteiger partial charge is 0.487 e. The van der Waals surface area contributed by atoms with Crippen LogP contribution in [0.25, 0.3) is 6.08 Å². The first-order valence-electron chi connectivity index (χ1n) is 10.2. The number of imide groups is 2. The van der Waals surface area contributed by atoms with Crippen LogP contribution >= 0.6 is 55.1 Å². The van der Waals surface area contributed by atoms with E-state index in [1.54, 1.807) is 37.3 Å². The summed E-state index contributed by atoms with van der Waals surface area (Å²) in [5.41, 5.74) is 2.18. The van der Waals surface area contributed by atoms with Crippen LogP contribution in [0.1, 0.15) is 16.7 Å². The van der Waals surface area contributed by atoms with E-state index in [1.807, 2.05) is 18.2 Å². The number of amides is 4. The maximum atomic E-state index is 13.2. The summed E-state index contributed by atoms with van der Waals surface area (Å²) < 4.78 is 7.12. The van der Waals surface area contributed by atoms with Gasteiger partial charge in [-0.2, -0.15) is 0 Å². The summed E-state index contributed by atoms with van der Waals surface area (Å²) in [5.74, 6) is -1.000. The Morgan fingerprint density at radius 1 is 0.971 bits per heavy atom. The Bertz CT molecular complexity index is 1380. The topological polar surface area (TPSA) is 75.7 Å². The summed E-state index contributed by atoms with van der Waals surface area (Å²) in [6, 6.07) is 14.7. The normalized spacial score (nSPS) is 14.9. The number of ether oxygens (including phenoxy) is 1. The number of benzene rings is 3. The van der Waals surface area contributed by atoms with Gasteiger partial charge in [-0.15, -0.1) is 0 Å². The van der Waals surface area contributed by atoms with Crippen molar-refractivity contribution in [1.29, 1.82) is 0 Å². The molecule has 6 nitrogen and oxygen atoms in total. The van der Waals surface area contributed by atoms with Crippen molar-refractivity contribution in [2.24, 2.45) is 0 Å². The van der Waals surface area contributed by atoms with Crippen molar-refractivity contribution < 1.29 is 19.1 Å². The number of aryl methyl sites for hydroxylation is 1. The van der Waals surface area contributed by atoms with Gasteiger partial charge in [0.1, 0.15) is 17.9 Å². The number of carbonyl (C=O) groups is 3. The lowest BCUT2D eigenvalue weighted by molar-refractivity contribution is -0.122. The molecule has 3 aromatic carbocycles. The molecular formula is C25H16Br2Cl2N2O4. The lowest BCUT2D eigenvalue weighted by Crippen LogP contribution is -2.54. The molecule has 10 heteroatoms. The highest BCUT2D eigenvalue weighted by atomic mass is 79.9. The second kappa shape index (κ2) is 10.5. The van der Waals surface area contributed by atoms with Crippen molar-refractivity contribution in [2.75, 3.05) is 4.90 Å². The molecule has 0 spiro atoms. The number of nitrogens with one attached hydrogen (secondary N) is 1. The molecule has 0 atom stereocenters. The van der Waals surface area contributed by atoms with Gasteiger partial charge < -0.3 is 4.74 Å². The highest BCUT2D eigenvalue weighted by molar-refractivity contribution is 9.11. The third kappa shape index (κ3) is 5.62. The molecule has 0 aliphatic carbocycles. The molecule has 4 amide bonds. The van der Waals surface area contributed by atoms with Gasteiger partial charge in [0.25, 0.3) is 11.8 Å². The van der Waals surface area contributed by atoms with Crippen molar-refractivity contribution in [3.05, 3.63) is 95.9 Å². The van der Waals surface area contributed by atoms with Crippen molar-refractivity contribution in [3.8, 4) is 5.75 Å². The zero-order chi connectivity index (χ0) is 25.3. The van der Waals surface area contributed by atoms with Gasteiger partial charge in [0.15, 0.2) is 0 Å². The van der Waals surface area contributed by atoms with E-state index in [4.69, 9.17) is 27.9 Å². The van der Waals surface area contributed by atoms with Gasteiger partial charge in [0.2, 0.25) is 0 Å². The summed E-state index contributed by atoms with van der Waals surface area (Å²) in [6.07, 6.45) is 1.41. The number of hydrogen-bond donors (Lipinski definition) is 1. The number of hydrogen-bond acceptors (Lipinski definition) is 4.